The fourth-order valence-electron chi connectivity index (χ4n) is 3.08. The van der Waals surface area contributed by atoms with Crippen molar-refractivity contribution in [2.45, 2.75) is 37.7 Å². The van der Waals surface area contributed by atoms with Gasteiger partial charge in [-0.25, -0.2) is 13.2 Å². The minimum absolute atomic E-state index is 0.148. The molecule has 6 nitrogen and oxygen atoms in total. The Morgan fingerprint density at radius 1 is 0.929 bits per heavy atom. The predicted octanol–water partition coefficient (Wildman–Crippen LogP) is 3.21. The van der Waals surface area contributed by atoms with Crippen LogP contribution in [0.3, 0.4) is 0 Å². The molecule has 1 saturated heterocycles. The van der Waals surface area contributed by atoms with E-state index in [2.05, 4.69) is 0 Å². The lowest BCUT2D eigenvalue weighted by Gasteiger charge is -2.16. The van der Waals surface area contributed by atoms with Gasteiger partial charge in [-0.2, -0.15) is 4.31 Å². The van der Waals surface area contributed by atoms with E-state index in [1.807, 2.05) is 19.1 Å². The molecular weight excluding hydrogens is 378 g/mol. The van der Waals surface area contributed by atoms with Crippen molar-refractivity contribution >= 4 is 21.8 Å². The van der Waals surface area contributed by atoms with Gasteiger partial charge in [0.25, 0.3) is 0 Å². The maximum Gasteiger partial charge on any atom is 0.338 e. The first-order valence-corrected chi connectivity index (χ1v) is 10.6. The molecule has 0 amide bonds. The van der Waals surface area contributed by atoms with Gasteiger partial charge in [0.15, 0.2) is 6.10 Å². The van der Waals surface area contributed by atoms with E-state index in [1.54, 1.807) is 12.1 Å². The fourth-order valence-corrected chi connectivity index (χ4v) is 4.59. The first-order valence-electron chi connectivity index (χ1n) is 9.21. The number of ketones is 1. The van der Waals surface area contributed by atoms with Crippen LogP contribution in [0.4, 0.5) is 0 Å². The monoisotopic (exact) mass is 401 g/mol. The summed E-state index contributed by atoms with van der Waals surface area (Å²) in [6.07, 6.45) is 0.774. The van der Waals surface area contributed by atoms with Crippen LogP contribution in [-0.4, -0.2) is 43.7 Å². The maximum absolute atomic E-state index is 12.5. The Labute approximate surface area is 165 Å². The van der Waals surface area contributed by atoms with E-state index in [9.17, 15) is 18.0 Å². The van der Waals surface area contributed by atoms with Gasteiger partial charge in [0.2, 0.25) is 15.8 Å². The average Bonchev–Trinajstić information content (AvgIpc) is 3.24. The highest BCUT2D eigenvalue weighted by Crippen LogP contribution is 2.21. The molecule has 0 aromatic heterocycles. The van der Waals surface area contributed by atoms with E-state index in [1.165, 1.54) is 35.5 Å². The molecule has 7 heteroatoms. The summed E-state index contributed by atoms with van der Waals surface area (Å²) in [6.45, 7) is 4.48. The van der Waals surface area contributed by atoms with Gasteiger partial charge in [-0.15, -0.1) is 0 Å². The van der Waals surface area contributed by atoms with Gasteiger partial charge in [-0.3, -0.25) is 4.79 Å². The van der Waals surface area contributed by atoms with Crippen LogP contribution in [-0.2, 0) is 14.8 Å². The SMILES string of the molecule is Cc1ccc(C(=O)[C@@H](C)OC(=O)c2ccc(S(=O)(=O)N3CCCC3)cc2)cc1. The van der Waals surface area contributed by atoms with Gasteiger partial charge < -0.3 is 4.74 Å². The van der Waals surface area contributed by atoms with Gasteiger partial charge in [0.05, 0.1) is 10.5 Å². The van der Waals surface area contributed by atoms with Crippen LogP contribution in [0, 0.1) is 6.92 Å². The lowest BCUT2D eigenvalue weighted by molar-refractivity contribution is 0.0318. The van der Waals surface area contributed by atoms with Gasteiger partial charge in [-0.1, -0.05) is 29.8 Å². The van der Waals surface area contributed by atoms with Gasteiger partial charge >= 0.3 is 5.97 Å². The Morgan fingerprint density at radius 2 is 1.46 bits per heavy atom. The molecule has 0 spiro atoms. The molecule has 0 N–H and O–H groups in total. The van der Waals surface area contributed by atoms with Crippen LogP contribution in [0.5, 0.6) is 0 Å². The molecule has 0 radical (unpaired) electrons. The number of sulfonamides is 1. The third-order valence-corrected chi connectivity index (χ3v) is 6.69. The highest BCUT2D eigenvalue weighted by Gasteiger charge is 2.27. The van der Waals surface area contributed by atoms with Gasteiger partial charge in [0.1, 0.15) is 0 Å². The summed E-state index contributed by atoms with van der Waals surface area (Å²) < 4.78 is 31.8. The largest absolute Gasteiger partial charge is 0.451 e. The Bertz CT molecular complexity index is 959. The maximum atomic E-state index is 12.5. The Morgan fingerprint density at radius 3 is 2.04 bits per heavy atom. The van der Waals surface area contributed by atoms with E-state index >= 15 is 0 Å². The quantitative estimate of drug-likeness (QED) is 0.548. The van der Waals surface area contributed by atoms with Crippen molar-refractivity contribution in [2.75, 3.05) is 13.1 Å². The summed E-state index contributed by atoms with van der Waals surface area (Å²) in [4.78, 5) is 24.9. The van der Waals surface area contributed by atoms with Crippen molar-refractivity contribution in [3.63, 3.8) is 0 Å². The molecule has 0 bridgehead atoms. The summed E-state index contributed by atoms with van der Waals surface area (Å²) in [7, 11) is -3.53. The number of Topliss-reactive ketones (excluding diaryl/α,β-unsaturated/α-hetero) is 1. The van der Waals surface area contributed by atoms with E-state index in [0.717, 1.165) is 18.4 Å². The zero-order valence-electron chi connectivity index (χ0n) is 15.9. The third kappa shape index (κ3) is 4.31. The van der Waals surface area contributed by atoms with Crippen molar-refractivity contribution < 1.29 is 22.7 Å². The van der Waals surface area contributed by atoms with Crippen molar-refractivity contribution in [1.29, 1.82) is 0 Å². The number of hydrogen-bond acceptors (Lipinski definition) is 5. The number of benzene rings is 2. The smallest absolute Gasteiger partial charge is 0.338 e. The summed E-state index contributed by atoms with van der Waals surface area (Å²) >= 11 is 0. The molecule has 28 heavy (non-hydrogen) atoms. The number of nitrogens with zero attached hydrogens (tertiary/aromatic N) is 1. The Balaban J connectivity index is 1.67. The fraction of sp³-hybridized carbons (Fsp3) is 0.333. The van der Waals surface area contributed by atoms with Crippen molar-refractivity contribution in [3.8, 4) is 0 Å². The standard InChI is InChI=1S/C21H23NO5S/c1-15-5-7-17(8-6-15)20(23)16(2)27-21(24)18-9-11-19(12-10-18)28(25,26)22-13-3-4-14-22/h5-12,16H,3-4,13-14H2,1-2H3/t16-/m1/s1. The van der Waals surface area contributed by atoms with Crippen molar-refractivity contribution in [1.82, 2.24) is 4.31 Å². The number of carbonyl (C=O) groups is 2. The lowest BCUT2D eigenvalue weighted by atomic mass is 10.1. The molecule has 1 aliphatic rings. The molecule has 3 rings (SSSR count). The van der Waals surface area contributed by atoms with Crippen LogP contribution < -0.4 is 0 Å². The molecule has 2 aromatic carbocycles. The number of esters is 1. The zero-order chi connectivity index (χ0) is 20.3. The van der Waals surface area contributed by atoms with E-state index < -0.39 is 22.1 Å². The Kier molecular flexibility index (Phi) is 5.96. The Hall–Kier alpha value is -2.51. The molecule has 0 aliphatic carbocycles. The van der Waals surface area contributed by atoms with E-state index in [-0.39, 0.29) is 16.2 Å². The number of aryl methyl sites for hydroxylation is 1. The lowest BCUT2D eigenvalue weighted by Crippen LogP contribution is -2.28. The van der Waals surface area contributed by atoms with E-state index in [4.69, 9.17) is 4.74 Å². The van der Waals surface area contributed by atoms with Crippen LogP contribution in [0.2, 0.25) is 0 Å². The summed E-state index contributed by atoms with van der Waals surface area (Å²) in [5.74, 6) is -0.959. The van der Waals surface area contributed by atoms with Crippen LogP contribution >= 0.6 is 0 Å². The number of hydrogen-bond donors (Lipinski definition) is 0. The van der Waals surface area contributed by atoms with Crippen molar-refractivity contribution in [2.24, 2.45) is 0 Å². The first-order chi connectivity index (χ1) is 13.3. The average molecular weight is 401 g/mol. The minimum Gasteiger partial charge on any atom is -0.451 e. The topological polar surface area (TPSA) is 80.8 Å². The molecule has 2 aromatic rings. The van der Waals surface area contributed by atoms with Crippen LogP contribution in [0.25, 0.3) is 0 Å². The molecule has 1 heterocycles. The second kappa shape index (κ2) is 8.24. The van der Waals surface area contributed by atoms with Gasteiger partial charge in [0, 0.05) is 18.7 Å². The first kappa shape index (κ1) is 20.2. The number of ether oxygens (including phenoxy) is 1. The second-order valence-corrected chi connectivity index (χ2v) is 8.85. The second-order valence-electron chi connectivity index (χ2n) is 6.91. The van der Waals surface area contributed by atoms with E-state index in [0.29, 0.717) is 18.7 Å². The molecule has 1 atom stereocenters. The molecule has 0 unspecified atom stereocenters. The van der Waals surface area contributed by atoms with Crippen LogP contribution in [0.1, 0.15) is 46.0 Å². The normalized spacial score (nSPS) is 15.9. The summed E-state index contributed by atoms with van der Waals surface area (Å²) in [6, 6.07) is 12.7. The molecule has 0 saturated carbocycles. The summed E-state index contributed by atoms with van der Waals surface area (Å²) in [5, 5.41) is 0. The molecular formula is C21H23NO5S. The zero-order valence-corrected chi connectivity index (χ0v) is 16.7. The predicted molar refractivity (Wildman–Crippen MR) is 105 cm³/mol. The minimum atomic E-state index is -3.53. The molecule has 148 valence electrons. The third-order valence-electron chi connectivity index (χ3n) is 4.78. The van der Waals surface area contributed by atoms with Crippen molar-refractivity contribution in [3.05, 3.63) is 65.2 Å². The molecule has 1 fully saturated rings. The molecule has 1 aliphatic heterocycles. The highest BCUT2D eigenvalue weighted by atomic mass is 32.2. The van der Waals surface area contributed by atoms with Gasteiger partial charge in [-0.05, 0) is 51.0 Å². The number of carbonyl (C=O) groups excluding carboxylic acids is 2. The number of rotatable bonds is 6. The van der Waals surface area contributed by atoms with Crippen LogP contribution in [0.15, 0.2) is 53.4 Å². The highest BCUT2D eigenvalue weighted by molar-refractivity contribution is 7.89. The summed E-state index contributed by atoms with van der Waals surface area (Å²) in [5.41, 5.74) is 1.70.